The zero-order chi connectivity index (χ0) is 18.3. The van der Waals surface area contributed by atoms with Gasteiger partial charge in [0.2, 0.25) is 0 Å². The van der Waals surface area contributed by atoms with Crippen LogP contribution in [-0.2, 0) is 0 Å². The zero-order valence-corrected chi connectivity index (χ0v) is 15.0. The summed E-state index contributed by atoms with van der Waals surface area (Å²) in [7, 11) is 0. The molecule has 7 heteroatoms. The summed E-state index contributed by atoms with van der Waals surface area (Å²) in [6, 6.07) is 8.20. The van der Waals surface area contributed by atoms with E-state index in [1.165, 1.54) is 23.7 Å². The van der Waals surface area contributed by atoms with Gasteiger partial charge in [-0.3, -0.25) is 9.59 Å². The fraction of sp³-hybridized carbons (Fsp3) is 0.263. The molecule has 1 fully saturated rings. The van der Waals surface area contributed by atoms with Gasteiger partial charge in [0.05, 0.1) is 11.1 Å². The third-order valence-electron chi connectivity index (χ3n) is 4.68. The number of carbonyl (C=O) groups is 2. The Morgan fingerprint density at radius 1 is 1.04 bits per heavy atom. The summed E-state index contributed by atoms with van der Waals surface area (Å²) in [5, 5.41) is 0.521. The Balaban J connectivity index is 1.50. The fourth-order valence-corrected chi connectivity index (χ4v) is 4.46. The van der Waals surface area contributed by atoms with Crippen LogP contribution >= 0.6 is 11.3 Å². The Labute approximate surface area is 153 Å². The lowest BCUT2D eigenvalue weighted by Crippen LogP contribution is -2.50. The molecule has 1 aliphatic heterocycles. The number of thiophene rings is 1. The molecule has 1 aliphatic rings. The van der Waals surface area contributed by atoms with Crippen molar-refractivity contribution in [3.63, 3.8) is 0 Å². The van der Waals surface area contributed by atoms with E-state index in [2.05, 4.69) is 0 Å². The van der Waals surface area contributed by atoms with Crippen molar-refractivity contribution >= 4 is 33.2 Å². The van der Waals surface area contributed by atoms with Crippen LogP contribution in [0.5, 0.6) is 0 Å². The summed E-state index contributed by atoms with van der Waals surface area (Å²) in [4.78, 5) is 29.2. The number of piperazine rings is 1. The molecule has 0 N–H and O–H groups in total. The molecule has 4 rings (SSSR count). The highest BCUT2D eigenvalue weighted by Crippen LogP contribution is 2.33. The van der Waals surface area contributed by atoms with Gasteiger partial charge in [-0.05, 0) is 36.8 Å². The topological polar surface area (TPSA) is 53.8 Å². The van der Waals surface area contributed by atoms with Crippen molar-refractivity contribution in [3.8, 4) is 0 Å². The summed E-state index contributed by atoms with van der Waals surface area (Å²) >= 11 is 1.32. The molecule has 0 saturated carbocycles. The van der Waals surface area contributed by atoms with Gasteiger partial charge in [-0.1, -0.05) is 6.07 Å². The van der Waals surface area contributed by atoms with E-state index in [4.69, 9.17) is 4.42 Å². The number of amides is 2. The van der Waals surface area contributed by atoms with E-state index in [1.807, 2.05) is 6.07 Å². The second kappa shape index (κ2) is 6.57. The average Bonchev–Trinajstić information content (AvgIpc) is 3.30. The van der Waals surface area contributed by atoms with Crippen molar-refractivity contribution in [2.75, 3.05) is 26.2 Å². The lowest BCUT2D eigenvalue weighted by Gasteiger charge is -2.34. The molecule has 0 aliphatic carbocycles. The number of furan rings is 1. The number of rotatable bonds is 2. The first-order valence-corrected chi connectivity index (χ1v) is 9.17. The first-order chi connectivity index (χ1) is 12.6. The Morgan fingerprint density at radius 3 is 2.35 bits per heavy atom. The molecule has 134 valence electrons. The number of hydrogen-bond donors (Lipinski definition) is 0. The van der Waals surface area contributed by atoms with E-state index in [0.717, 1.165) is 4.70 Å². The van der Waals surface area contributed by atoms with Crippen LogP contribution in [0.4, 0.5) is 4.39 Å². The van der Waals surface area contributed by atoms with Crippen molar-refractivity contribution in [1.29, 1.82) is 0 Å². The van der Waals surface area contributed by atoms with Crippen LogP contribution < -0.4 is 0 Å². The summed E-state index contributed by atoms with van der Waals surface area (Å²) in [6.07, 6.45) is 1.47. The Kier molecular flexibility index (Phi) is 4.24. The van der Waals surface area contributed by atoms with Crippen LogP contribution in [0.1, 0.15) is 25.8 Å². The van der Waals surface area contributed by atoms with Gasteiger partial charge in [-0.25, -0.2) is 4.39 Å². The minimum Gasteiger partial charge on any atom is -0.459 e. The minimum atomic E-state index is -0.302. The predicted molar refractivity (Wildman–Crippen MR) is 97.0 cm³/mol. The van der Waals surface area contributed by atoms with Crippen LogP contribution in [0.3, 0.4) is 0 Å². The normalized spacial score (nSPS) is 14.8. The molecule has 0 spiro atoms. The third kappa shape index (κ3) is 2.78. The summed E-state index contributed by atoms with van der Waals surface area (Å²) in [6.45, 7) is 3.57. The van der Waals surface area contributed by atoms with E-state index in [-0.39, 0.29) is 17.6 Å². The fourth-order valence-electron chi connectivity index (χ4n) is 3.27. The highest BCUT2D eigenvalue weighted by molar-refractivity contribution is 7.21. The van der Waals surface area contributed by atoms with Crippen molar-refractivity contribution in [2.24, 2.45) is 0 Å². The SMILES string of the molecule is Cc1c(C(=O)N2CCN(C(=O)c3ccco3)CC2)sc2cccc(F)c12. The lowest BCUT2D eigenvalue weighted by molar-refractivity contribution is 0.0520. The van der Waals surface area contributed by atoms with Crippen molar-refractivity contribution in [3.05, 3.63) is 58.6 Å². The summed E-state index contributed by atoms with van der Waals surface area (Å²) < 4.78 is 20.0. The molecule has 1 aromatic carbocycles. The molecular weight excluding hydrogens is 355 g/mol. The van der Waals surface area contributed by atoms with Crippen molar-refractivity contribution in [1.82, 2.24) is 9.80 Å². The van der Waals surface area contributed by atoms with Crippen molar-refractivity contribution in [2.45, 2.75) is 6.92 Å². The summed E-state index contributed by atoms with van der Waals surface area (Å²) in [5.41, 5.74) is 0.683. The highest BCUT2D eigenvalue weighted by atomic mass is 32.1. The first kappa shape index (κ1) is 16.8. The molecule has 1 saturated heterocycles. The molecule has 26 heavy (non-hydrogen) atoms. The number of nitrogens with zero attached hydrogens (tertiary/aromatic N) is 2. The molecule has 3 aromatic rings. The van der Waals surface area contributed by atoms with Gasteiger partial charge in [0.25, 0.3) is 11.8 Å². The molecule has 2 aromatic heterocycles. The van der Waals surface area contributed by atoms with E-state index in [1.54, 1.807) is 34.9 Å². The lowest BCUT2D eigenvalue weighted by atomic mass is 10.1. The number of benzene rings is 1. The van der Waals surface area contributed by atoms with Crippen LogP contribution in [-0.4, -0.2) is 47.8 Å². The van der Waals surface area contributed by atoms with Crippen LogP contribution in [0, 0.1) is 12.7 Å². The van der Waals surface area contributed by atoms with Gasteiger partial charge in [0, 0.05) is 36.3 Å². The standard InChI is InChI=1S/C19H17FN2O3S/c1-12-16-13(20)4-2-6-15(16)26-17(12)19(24)22-9-7-21(8-10-22)18(23)14-5-3-11-25-14/h2-6,11H,7-10H2,1H3. The Hall–Kier alpha value is -2.67. The van der Waals surface area contributed by atoms with E-state index in [9.17, 15) is 14.0 Å². The smallest absolute Gasteiger partial charge is 0.289 e. The molecule has 0 bridgehead atoms. The average molecular weight is 372 g/mol. The second-order valence-corrected chi connectivity index (χ2v) is 7.28. The predicted octanol–water partition coefficient (Wildman–Crippen LogP) is 3.54. The van der Waals surface area contributed by atoms with Crippen molar-refractivity contribution < 1.29 is 18.4 Å². The zero-order valence-electron chi connectivity index (χ0n) is 14.2. The quantitative estimate of drug-likeness (QED) is 0.691. The summed E-state index contributed by atoms with van der Waals surface area (Å²) in [5.74, 6) is -0.264. The van der Waals surface area contributed by atoms with E-state index >= 15 is 0 Å². The van der Waals surface area contributed by atoms with Gasteiger partial charge in [0.1, 0.15) is 5.82 Å². The van der Waals surface area contributed by atoms with Crippen LogP contribution in [0.2, 0.25) is 0 Å². The largest absolute Gasteiger partial charge is 0.459 e. The molecule has 0 atom stereocenters. The maximum absolute atomic E-state index is 14.1. The van der Waals surface area contributed by atoms with E-state index < -0.39 is 0 Å². The number of aryl methyl sites for hydroxylation is 1. The Bertz CT molecular complexity index is 972. The second-order valence-electron chi connectivity index (χ2n) is 6.23. The monoisotopic (exact) mass is 372 g/mol. The molecule has 0 unspecified atom stereocenters. The molecule has 5 nitrogen and oxygen atoms in total. The van der Waals surface area contributed by atoms with Gasteiger partial charge >= 0.3 is 0 Å². The maximum atomic E-state index is 14.1. The third-order valence-corrected chi connectivity index (χ3v) is 5.93. The van der Waals surface area contributed by atoms with Crippen LogP contribution in [0.25, 0.3) is 10.1 Å². The van der Waals surface area contributed by atoms with Gasteiger partial charge in [-0.2, -0.15) is 0 Å². The molecule has 2 amide bonds. The number of halogens is 1. The molecule has 0 radical (unpaired) electrons. The Morgan fingerprint density at radius 2 is 1.73 bits per heavy atom. The minimum absolute atomic E-state index is 0.104. The molecular formula is C19H17FN2O3S. The van der Waals surface area contributed by atoms with Gasteiger partial charge in [-0.15, -0.1) is 11.3 Å². The van der Waals surface area contributed by atoms with Crippen LogP contribution in [0.15, 0.2) is 41.0 Å². The number of fused-ring (bicyclic) bond motifs is 1. The number of hydrogen-bond acceptors (Lipinski definition) is 4. The van der Waals surface area contributed by atoms with Gasteiger partial charge in [0.15, 0.2) is 5.76 Å². The number of carbonyl (C=O) groups excluding carboxylic acids is 2. The van der Waals surface area contributed by atoms with E-state index in [0.29, 0.717) is 47.8 Å². The molecule has 3 heterocycles. The highest BCUT2D eigenvalue weighted by Gasteiger charge is 2.28. The van der Waals surface area contributed by atoms with Gasteiger partial charge < -0.3 is 14.2 Å². The maximum Gasteiger partial charge on any atom is 0.289 e. The first-order valence-electron chi connectivity index (χ1n) is 8.36.